The van der Waals surface area contributed by atoms with E-state index in [0.29, 0.717) is 13.1 Å². The average molecular weight is 342 g/mol. The third-order valence-corrected chi connectivity index (χ3v) is 4.40. The largest absolute Gasteiger partial charge is 0.484 e. The minimum absolute atomic E-state index is 0.0166. The van der Waals surface area contributed by atoms with Gasteiger partial charge < -0.3 is 9.64 Å². The zero-order valence-corrected chi connectivity index (χ0v) is 14.5. The Hall–Kier alpha value is -2.40. The van der Waals surface area contributed by atoms with Crippen molar-refractivity contribution in [2.24, 2.45) is 0 Å². The number of hydrogen-bond donors (Lipinski definition) is 0. The van der Waals surface area contributed by atoms with Gasteiger partial charge in [0.15, 0.2) is 6.61 Å². The average Bonchev–Trinajstić information content (AvgIpc) is 2.62. The van der Waals surface area contributed by atoms with Gasteiger partial charge in [-0.15, -0.1) is 0 Å². The quantitative estimate of drug-likeness (QED) is 0.838. The number of carbonyl (C=O) groups excluding carboxylic acids is 1. The number of rotatable bonds is 5. The molecule has 1 saturated heterocycles. The summed E-state index contributed by atoms with van der Waals surface area (Å²) in [7, 11) is 0. The van der Waals surface area contributed by atoms with Gasteiger partial charge in [0.1, 0.15) is 11.6 Å². The summed E-state index contributed by atoms with van der Waals surface area (Å²) in [4.78, 5) is 16.4. The van der Waals surface area contributed by atoms with Gasteiger partial charge in [-0.2, -0.15) is 0 Å². The molecule has 4 nitrogen and oxygen atoms in total. The van der Waals surface area contributed by atoms with Crippen LogP contribution in [0.1, 0.15) is 11.1 Å². The SMILES string of the molecule is Cc1cccc(OCC(=O)N2CCN(Cc3ccc(F)cc3)CC2)c1. The highest BCUT2D eigenvalue weighted by atomic mass is 19.1. The zero-order chi connectivity index (χ0) is 17.6. The molecule has 1 aliphatic heterocycles. The molecule has 0 aromatic heterocycles. The number of benzene rings is 2. The number of piperazine rings is 1. The van der Waals surface area contributed by atoms with E-state index in [1.54, 1.807) is 0 Å². The Bertz CT molecular complexity index is 710. The van der Waals surface area contributed by atoms with Crippen LogP contribution in [-0.2, 0) is 11.3 Å². The van der Waals surface area contributed by atoms with Gasteiger partial charge >= 0.3 is 0 Å². The predicted octanol–water partition coefficient (Wildman–Crippen LogP) is 2.86. The minimum Gasteiger partial charge on any atom is -0.484 e. The number of nitrogens with zero attached hydrogens (tertiary/aromatic N) is 2. The van der Waals surface area contributed by atoms with Crippen LogP contribution in [0, 0.1) is 12.7 Å². The lowest BCUT2D eigenvalue weighted by Crippen LogP contribution is -2.49. The number of aryl methyl sites for hydroxylation is 1. The third-order valence-electron chi connectivity index (χ3n) is 4.40. The molecule has 0 N–H and O–H groups in total. The van der Waals surface area contributed by atoms with Crippen LogP contribution < -0.4 is 4.74 Å². The fraction of sp³-hybridized carbons (Fsp3) is 0.350. The summed E-state index contributed by atoms with van der Waals surface area (Å²) < 4.78 is 18.5. The smallest absolute Gasteiger partial charge is 0.260 e. The normalized spacial score (nSPS) is 15.2. The molecule has 25 heavy (non-hydrogen) atoms. The highest BCUT2D eigenvalue weighted by Gasteiger charge is 2.21. The van der Waals surface area contributed by atoms with Crippen molar-refractivity contribution in [3.8, 4) is 5.75 Å². The Balaban J connectivity index is 1.43. The van der Waals surface area contributed by atoms with Crippen LogP contribution in [0.4, 0.5) is 4.39 Å². The fourth-order valence-corrected chi connectivity index (χ4v) is 2.94. The van der Waals surface area contributed by atoms with Crippen molar-refractivity contribution in [2.75, 3.05) is 32.8 Å². The summed E-state index contributed by atoms with van der Waals surface area (Å²) in [6.07, 6.45) is 0. The Morgan fingerprint density at radius 3 is 2.48 bits per heavy atom. The maximum Gasteiger partial charge on any atom is 0.260 e. The second-order valence-electron chi connectivity index (χ2n) is 6.39. The molecule has 3 rings (SSSR count). The highest BCUT2D eigenvalue weighted by Crippen LogP contribution is 2.13. The number of carbonyl (C=O) groups is 1. The van der Waals surface area contributed by atoms with Gasteiger partial charge in [0, 0.05) is 32.7 Å². The van der Waals surface area contributed by atoms with Crippen LogP contribution >= 0.6 is 0 Å². The summed E-state index contributed by atoms with van der Waals surface area (Å²) in [5.74, 6) is 0.527. The zero-order valence-electron chi connectivity index (χ0n) is 14.5. The van der Waals surface area contributed by atoms with Crippen molar-refractivity contribution < 1.29 is 13.9 Å². The highest BCUT2D eigenvalue weighted by molar-refractivity contribution is 5.77. The van der Waals surface area contributed by atoms with E-state index in [0.717, 1.165) is 36.5 Å². The van der Waals surface area contributed by atoms with E-state index in [-0.39, 0.29) is 18.3 Å². The number of halogens is 1. The second kappa shape index (κ2) is 8.12. The Morgan fingerprint density at radius 2 is 1.80 bits per heavy atom. The predicted molar refractivity (Wildman–Crippen MR) is 94.9 cm³/mol. The van der Waals surface area contributed by atoms with Gasteiger partial charge in [-0.1, -0.05) is 24.3 Å². The van der Waals surface area contributed by atoms with Gasteiger partial charge in [-0.05, 0) is 42.3 Å². The first-order valence-corrected chi connectivity index (χ1v) is 8.54. The van der Waals surface area contributed by atoms with Gasteiger partial charge in [-0.3, -0.25) is 9.69 Å². The molecule has 0 aliphatic carbocycles. The lowest BCUT2D eigenvalue weighted by Gasteiger charge is -2.34. The molecule has 1 amide bonds. The van der Waals surface area contributed by atoms with E-state index in [4.69, 9.17) is 4.74 Å². The molecule has 2 aromatic rings. The van der Waals surface area contributed by atoms with E-state index in [1.807, 2.05) is 48.2 Å². The molecular weight excluding hydrogens is 319 g/mol. The van der Waals surface area contributed by atoms with Crippen LogP contribution in [0.15, 0.2) is 48.5 Å². The molecule has 1 fully saturated rings. The summed E-state index contributed by atoms with van der Waals surface area (Å²) in [5, 5.41) is 0. The van der Waals surface area contributed by atoms with Crippen molar-refractivity contribution in [3.63, 3.8) is 0 Å². The van der Waals surface area contributed by atoms with Gasteiger partial charge in [0.05, 0.1) is 0 Å². The molecule has 5 heteroatoms. The Labute approximate surface area is 147 Å². The van der Waals surface area contributed by atoms with Crippen LogP contribution in [0.25, 0.3) is 0 Å². The van der Waals surface area contributed by atoms with E-state index < -0.39 is 0 Å². The Kier molecular flexibility index (Phi) is 5.66. The molecule has 0 saturated carbocycles. The van der Waals surface area contributed by atoms with Gasteiger partial charge in [0.2, 0.25) is 0 Å². The summed E-state index contributed by atoms with van der Waals surface area (Å²) in [6, 6.07) is 14.3. The topological polar surface area (TPSA) is 32.8 Å². The van der Waals surface area contributed by atoms with Crippen LogP contribution in [0.2, 0.25) is 0 Å². The molecular formula is C20H23FN2O2. The number of amides is 1. The molecule has 1 heterocycles. The monoisotopic (exact) mass is 342 g/mol. The van der Waals surface area contributed by atoms with Crippen molar-refractivity contribution >= 4 is 5.91 Å². The lowest BCUT2D eigenvalue weighted by molar-refractivity contribution is -0.135. The van der Waals surface area contributed by atoms with Crippen molar-refractivity contribution in [2.45, 2.75) is 13.5 Å². The standard InChI is InChI=1S/C20H23FN2O2/c1-16-3-2-4-19(13-16)25-15-20(24)23-11-9-22(10-12-23)14-17-5-7-18(21)8-6-17/h2-8,13H,9-12,14-15H2,1H3. The summed E-state index contributed by atoms with van der Waals surface area (Å²) in [5.41, 5.74) is 2.20. The van der Waals surface area contributed by atoms with Crippen molar-refractivity contribution in [1.82, 2.24) is 9.80 Å². The fourth-order valence-electron chi connectivity index (χ4n) is 2.94. The molecule has 0 radical (unpaired) electrons. The molecule has 0 spiro atoms. The first-order valence-electron chi connectivity index (χ1n) is 8.54. The molecule has 0 bridgehead atoms. The third kappa shape index (κ3) is 5.03. The van der Waals surface area contributed by atoms with Crippen LogP contribution in [0.3, 0.4) is 0 Å². The van der Waals surface area contributed by atoms with E-state index in [2.05, 4.69) is 4.90 Å². The number of hydrogen-bond acceptors (Lipinski definition) is 3. The minimum atomic E-state index is -0.215. The van der Waals surface area contributed by atoms with Gasteiger partial charge in [0.25, 0.3) is 5.91 Å². The molecule has 0 atom stereocenters. The maximum absolute atomic E-state index is 13.0. The van der Waals surface area contributed by atoms with Crippen molar-refractivity contribution in [1.29, 1.82) is 0 Å². The van der Waals surface area contributed by atoms with E-state index in [1.165, 1.54) is 12.1 Å². The maximum atomic E-state index is 13.0. The lowest BCUT2D eigenvalue weighted by atomic mass is 10.2. The van der Waals surface area contributed by atoms with Crippen LogP contribution in [-0.4, -0.2) is 48.5 Å². The van der Waals surface area contributed by atoms with Gasteiger partial charge in [-0.25, -0.2) is 4.39 Å². The molecule has 2 aromatic carbocycles. The second-order valence-corrected chi connectivity index (χ2v) is 6.39. The molecule has 132 valence electrons. The molecule has 0 unspecified atom stereocenters. The first-order chi connectivity index (χ1) is 12.1. The Morgan fingerprint density at radius 1 is 1.08 bits per heavy atom. The van der Waals surface area contributed by atoms with E-state index >= 15 is 0 Å². The molecule has 1 aliphatic rings. The number of ether oxygens (including phenoxy) is 1. The van der Waals surface area contributed by atoms with Crippen LogP contribution in [0.5, 0.6) is 5.75 Å². The van der Waals surface area contributed by atoms with Crippen molar-refractivity contribution in [3.05, 3.63) is 65.5 Å². The van der Waals surface area contributed by atoms with E-state index in [9.17, 15) is 9.18 Å². The first kappa shape index (κ1) is 17.4. The summed E-state index contributed by atoms with van der Waals surface area (Å²) in [6.45, 7) is 5.86. The summed E-state index contributed by atoms with van der Waals surface area (Å²) >= 11 is 0.